The van der Waals surface area contributed by atoms with Gasteiger partial charge in [0.25, 0.3) is 5.91 Å². The lowest BCUT2D eigenvalue weighted by molar-refractivity contribution is 0.0695. The van der Waals surface area contributed by atoms with E-state index in [4.69, 9.17) is 4.42 Å². The number of sulfonamides is 1. The van der Waals surface area contributed by atoms with Gasteiger partial charge in [-0.2, -0.15) is 0 Å². The van der Waals surface area contributed by atoms with Gasteiger partial charge in [0.15, 0.2) is 0 Å². The SMILES string of the molecule is CNC(=O)c1c(-c2ccc(C)cc2)oc2nc(CS(=O)(=O)NCCc3ccccc3C(=O)O)c(C3CC3)cc12. The van der Waals surface area contributed by atoms with E-state index in [1.165, 1.54) is 6.07 Å². The average molecular weight is 548 g/mol. The van der Waals surface area contributed by atoms with Gasteiger partial charge in [-0.25, -0.2) is 22.9 Å². The maximum atomic E-state index is 13.1. The van der Waals surface area contributed by atoms with Crippen molar-refractivity contribution < 1.29 is 27.5 Å². The van der Waals surface area contributed by atoms with Crippen molar-refractivity contribution in [2.75, 3.05) is 13.6 Å². The predicted molar refractivity (Wildman–Crippen MR) is 147 cm³/mol. The minimum absolute atomic E-state index is 0.0484. The Kier molecular flexibility index (Phi) is 7.24. The number of nitrogens with one attached hydrogen (secondary N) is 2. The fourth-order valence-corrected chi connectivity index (χ4v) is 5.82. The summed E-state index contributed by atoms with van der Waals surface area (Å²) >= 11 is 0. The van der Waals surface area contributed by atoms with Gasteiger partial charge < -0.3 is 14.8 Å². The number of carboxylic acid groups (broad SMARTS) is 1. The van der Waals surface area contributed by atoms with Crippen molar-refractivity contribution >= 4 is 33.0 Å². The number of pyridine rings is 1. The largest absolute Gasteiger partial charge is 0.478 e. The number of fused-ring (bicyclic) bond motifs is 1. The molecule has 0 unspecified atom stereocenters. The van der Waals surface area contributed by atoms with Gasteiger partial charge in [0.2, 0.25) is 15.7 Å². The van der Waals surface area contributed by atoms with Crippen molar-refractivity contribution in [1.29, 1.82) is 0 Å². The Bertz CT molecular complexity index is 1670. The molecule has 1 fully saturated rings. The molecule has 39 heavy (non-hydrogen) atoms. The van der Waals surface area contributed by atoms with Crippen molar-refractivity contribution in [2.45, 2.75) is 37.9 Å². The number of aryl methyl sites for hydroxylation is 1. The van der Waals surface area contributed by atoms with Crippen LogP contribution >= 0.6 is 0 Å². The average Bonchev–Trinajstić information content (AvgIpc) is 3.68. The molecule has 0 spiro atoms. The summed E-state index contributed by atoms with van der Waals surface area (Å²) in [6.45, 7) is 2.02. The molecule has 0 bridgehead atoms. The molecule has 0 atom stereocenters. The predicted octanol–water partition coefficient (Wildman–Crippen LogP) is 4.40. The van der Waals surface area contributed by atoms with Crippen LogP contribution < -0.4 is 10.0 Å². The number of aromatic nitrogens is 1. The molecule has 10 heteroatoms. The molecule has 4 aromatic rings. The molecule has 0 aliphatic heterocycles. The Labute approximate surface area is 226 Å². The number of hydrogen-bond acceptors (Lipinski definition) is 6. The van der Waals surface area contributed by atoms with Crippen LogP contribution in [0.5, 0.6) is 0 Å². The van der Waals surface area contributed by atoms with Crippen LogP contribution in [0.15, 0.2) is 59.0 Å². The molecule has 5 rings (SSSR count). The summed E-state index contributed by atoms with van der Waals surface area (Å²) in [6.07, 6.45) is 2.06. The van der Waals surface area contributed by atoms with Crippen LogP contribution in [-0.2, 0) is 22.2 Å². The Hall–Kier alpha value is -4.02. The topological polar surface area (TPSA) is 139 Å². The van der Waals surface area contributed by atoms with Gasteiger partial charge in [-0.05, 0) is 55.4 Å². The van der Waals surface area contributed by atoms with Gasteiger partial charge in [-0.1, -0.05) is 48.0 Å². The summed E-state index contributed by atoms with van der Waals surface area (Å²) < 4.78 is 34.8. The van der Waals surface area contributed by atoms with Crippen LogP contribution in [-0.4, -0.2) is 44.0 Å². The highest BCUT2D eigenvalue weighted by atomic mass is 32.2. The molecule has 2 aromatic heterocycles. The van der Waals surface area contributed by atoms with E-state index in [2.05, 4.69) is 15.0 Å². The smallest absolute Gasteiger partial charge is 0.335 e. The molecule has 1 aliphatic rings. The summed E-state index contributed by atoms with van der Waals surface area (Å²) in [5, 5.41) is 12.6. The number of rotatable bonds is 10. The molecule has 9 nitrogen and oxygen atoms in total. The van der Waals surface area contributed by atoms with E-state index < -0.39 is 16.0 Å². The zero-order chi connectivity index (χ0) is 27.7. The third kappa shape index (κ3) is 5.71. The van der Waals surface area contributed by atoms with E-state index in [1.807, 2.05) is 37.3 Å². The van der Waals surface area contributed by atoms with E-state index in [0.717, 1.165) is 29.5 Å². The zero-order valence-electron chi connectivity index (χ0n) is 21.7. The van der Waals surface area contributed by atoms with E-state index in [0.29, 0.717) is 28.0 Å². The molecule has 0 saturated heterocycles. The first-order chi connectivity index (χ1) is 18.7. The molecule has 1 aliphatic carbocycles. The highest BCUT2D eigenvalue weighted by molar-refractivity contribution is 7.88. The molecular weight excluding hydrogens is 518 g/mol. The number of carbonyl (C=O) groups excluding carboxylic acids is 1. The van der Waals surface area contributed by atoms with Gasteiger partial charge in [-0.3, -0.25) is 4.79 Å². The minimum Gasteiger partial charge on any atom is -0.478 e. The van der Waals surface area contributed by atoms with Gasteiger partial charge >= 0.3 is 5.97 Å². The van der Waals surface area contributed by atoms with Crippen molar-refractivity contribution in [3.05, 3.63) is 88.1 Å². The number of hydrogen-bond donors (Lipinski definition) is 3. The van der Waals surface area contributed by atoms with Crippen molar-refractivity contribution in [2.24, 2.45) is 0 Å². The van der Waals surface area contributed by atoms with Gasteiger partial charge in [0, 0.05) is 19.2 Å². The lowest BCUT2D eigenvalue weighted by atomic mass is 10.0. The van der Waals surface area contributed by atoms with Crippen LogP contribution in [0.4, 0.5) is 0 Å². The number of aromatic carboxylic acids is 1. The second-order valence-electron chi connectivity index (χ2n) is 9.77. The monoisotopic (exact) mass is 547 g/mol. The number of carbonyl (C=O) groups is 2. The maximum Gasteiger partial charge on any atom is 0.335 e. The molecule has 0 radical (unpaired) electrons. The second-order valence-corrected chi connectivity index (χ2v) is 11.6. The molecule has 202 valence electrons. The first kappa shape index (κ1) is 26.6. The highest BCUT2D eigenvalue weighted by Crippen LogP contribution is 2.44. The lowest BCUT2D eigenvalue weighted by Crippen LogP contribution is -2.28. The fraction of sp³-hybridized carbons (Fsp3) is 0.276. The third-order valence-electron chi connectivity index (χ3n) is 6.87. The normalized spacial score (nSPS) is 13.5. The Balaban J connectivity index is 1.46. The summed E-state index contributed by atoms with van der Waals surface area (Å²) in [7, 11) is -2.24. The molecule has 2 aromatic carbocycles. The fourth-order valence-electron chi connectivity index (χ4n) is 4.72. The first-order valence-corrected chi connectivity index (χ1v) is 14.4. The second kappa shape index (κ2) is 10.6. The Morgan fingerprint density at radius 1 is 1.10 bits per heavy atom. The lowest BCUT2D eigenvalue weighted by Gasteiger charge is -2.11. The van der Waals surface area contributed by atoms with Crippen LogP contribution in [0.2, 0.25) is 0 Å². The summed E-state index contributed by atoms with van der Waals surface area (Å²) in [4.78, 5) is 29.0. The number of carboxylic acids is 1. The van der Waals surface area contributed by atoms with Crippen LogP contribution in [0.1, 0.15) is 61.9 Å². The van der Waals surface area contributed by atoms with Crippen molar-refractivity contribution in [1.82, 2.24) is 15.0 Å². The molecular formula is C29H29N3O6S. The van der Waals surface area contributed by atoms with Gasteiger partial charge in [0.1, 0.15) is 11.5 Å². The number of nitrogens with zero attached hydrogens (tertiary/aromatic N) is 1. The Morgan fingerprint density at radius 2 is 1.82 bits per heavy atom. The quantitative estimate of drug-likeness (QED) is 0.267. The highest BCUT2D eigenvalue weighted by Gasteiger charge is 2.32. The van der Waals surface area contributed by atoms with Crippen molar-refractivity contribution in [3.8, 4) is 11.3 Å². The molecule has 3 N–H and O–H groups in total. The van der Waals surface area contributed by atoms with E-state index >= 15 is 0 Å². The minimum atomic E-state index is -3.80. The first-order valence-electron chi connectivity index (χ1n) is 12.7. The molecule has 2 heterocycles. The Morgan fingerprint density at radius 3 is 2.49 bits per heavy atom. The van der Waals surface area contributed by atoms with Crippen LogP contribution in [0.3, 0.4) is 0 Å². The van der Waals surface area contributed by atoms with E-state index in [-0.39, 0.29) is 41.8 Å². The number of amides is 1. The summed E-state index contributed by atoms with van der Waals surface area (Å²) in [5.41, 5.74) is 4.24. The standard InChI is InChI=1S/C29H29N3O6S/c1-17-7-9-20(10-8-17)26-25(27(33)30-2)23-15-22(19-11-12-19)24(32-28(23)38-26)16-39(36,37)31-14-13-18-5-3-4-6-21(18)29(34)35/h3-10,15,19,31H,11-14,16H2,1-2H3,(H,30,33)(H,34,35). The van der Waals surface area contributed by atoms with E-state index in [1.54, 1.807) is 25.2 Å². The summed E-state index contributed by atoms with van der Waals surface area (Å²) in [6, 6.07) is 16.0. The van der Waals surface area contributed by atoms with Crippen LogP contribution in [0.25, 0.3) is 22.4 Å². The third-order valence-corrected chi connectivity index (χ3v) is 8.17. The number of benzene rings is 2. The molecule has 1 saturated carbocycles. The zero-order valence-corrected chi connectivity index (χ0v) is 22.5. The number of furan rings is 1. The van der Waals surface area contributed by atoms with E-state index in [9.17, 15) is 23.1 Å². The van der Waals surface area contributed by atoms with Gasteiger partial charge in [-0.15, -0.1) is 0 Å². The maximum absolute atomic E-state index is 13.1. The van der Waals surface area contributed by atoms with Gasteiger partial charge in [0.05, 0.1) is 22.2 Å². The summed E-state index contributed by atoms with van der Waals surface area (Å²) in [5.74, 6) is -1.17. The van der Waals surface area contributed by atoms with Crippen molar-refractivity contribution in [3.63, 3.8) is 0 Å². The molecule has 1 amide bonds. The van der Waals surface area contributed by atoms with Crippen LogP contribution in [0, 0.1) is 6.92 Å².